The number of nitrogens with zero attached hydrogens (tertiary/aromatic N) is 1. The van der Waals surface area contributed by atoms with Crippen LogP contribution in [0.5, 0.6) is 5.75 Å². The molecule has 2 aromatic rings. The quantitative estimate of drug-likeness (QED) is 0.905. The Hall–Kier alpha value is -2.02. The lowest BCUT2D eigenvalue weighted by Crippen LogP contribution is -2.18. The van der Waals surface area contributed by atoms with Crippen LogP contribution in [0.1, 0.15) is 29.7 Å². The van der Waals surface area contributed by atoms with E-state index in [1.807, 2.05) is 42.5 Å². The van der Waals surface area contributed by atoms with Gasteiger partial charge < -0.3 is 10.1 Å². The predicted molar refractivity (Wildman–Crippen MR) is 84.4 cm³/mol. The number of rotatable bonds is 5. The van der Waals surface area contributed by atoms with Gasteiger partial charge in [0.2, 0.25) is 0 Å². The van der Waals surface area contributed by atoms with Crippen LogP contribution in [0, 0.1) is 11.3 Å². The molecule has 0 fully saturated rings. The van der Waals surface area contributed by atoms with Crippen molar-refractivity contribution in [2.24, 2.45) is 0 Å². The number of benzene rings is 2. The monoisotopic (exact) mass is 300 g/mol. The molecular weight excluding hydrogens is 284 g/mol. The van der Waals surface area contributed by atoms with Gasteiger partial charge in [-0.25, -0.2) is 0 Å². The summed E-state index contributed by atoms with van der Waals surface area (Å²) in [7, 11) is 1.56. The van der Waals surface area contributed by atoms with E-state index in [0.717, 1.165) is 16.1 Å². The standard InChI is InChI=1S/C17H17ClN2O/c1-12(14-4-3-5-16(18)9-14)20-11-13-6-7-17(21-2)15(8-13)10-19/h3-9,12,20H,11H2,1-2H3/t12-/m1/s1. The first-order chi connectivity index (χ1) is 10.1. The topological polar surface area (TPSA) is 45.0 Å². The van der Waals surface area contributed by atoms with Crippen LogP contribution in [-0.4, -0.2) is 7.11 Å². The summed E-state index contributed by atoms with van der Waals surface area (Å²) >= 11 is 6.00. The van der Waals surface area contributed by atoms with Crippen molar-refractivity contribution in [2.45, 2.75) is 19.5 Å². The van der Waals surface area contributed by atoms with Crippen molar-refractivity contribution >= 4 is 11.6 Å². The minimum atomic E-state index is 0.177. The van der Waals surface area contributed by atoms with Gasteiger partial charge in [0.25, 0.3) is 0 Å². The maximum Gasteiger partial charge on any atom is 0.136 e. The Morgan fingerprint density at radius 3 is 2.76 bits per heavy atom. The molecule has 21 heavy (non-hydrogen) atoms. The summed E-state index contributed by atoms with van der Waals surface area (Å²) in [6.45, 7) is 2.76. The van der Waals surface area contributed by atoms with E-state index in [2.05, 4.69) is 18.3 Å². The molecule has 0 aliphatic carbocycles. The highest BCUT2D eigenvalue weighted by atomic mass is 35.5. The van der Waals surface area contributed by atoms with Gasteiger partial charge in [-0.15, -0.1) is 0 Å². The van der Waals surface area contributed by atoms with Crippen molar-refractivity contribution in [2.75, 3.05) is 7.11 Å². The molecule has 0 saturated carbocycles. The number of hydrogen-bond acceptors (Lipinski definition) is 3. The molecule has 2 rings (SSSR count). The molecule has 0 saturated heterocycles. The molecule has 4 heteroatoms. The van der Waals surface area contributed by atoms with Crippen LogP contribution >= 0.6 is 11.6 Å². The Labute approximate surface area is 130 Å². The first-order valence-electron chi connectivity index (χ1n) is 6.70. The lowest BCUT2D eigenvalue weighted by Gasteiger charge is -2.15. The second-order valence-corrected chi connectivity index (χ2v) is 5.24. The van der Waals surface area contributed by atoms with Crippen LogP contribution < -0.4 is 10.1 Å². The molecular formula is C17H17ClN2O. The lowest BCUT2D eigenvalue weighted by atomic mass is 10.1. The van der Waals surface area contributed by atoms with Crippen LogP contribution in [0.25, 0.3) is 0 Å². The van der Waals surface area contributed by atoms with E-state index in [0.29, 0.717) is 17.9 Å². The molecule has 108 valence electrons. The van der Waals surface area contributed by atoms with Crippen molar-refractivity contribution in [3.05, 3.63) is 64.2 Å². The third kappa shape index (κ3) is 3.98. The summed E-state index contributed by atoms with van der Waals surface area (Å²) < 4.78 is 5.14. The Morgan fingerprint density at radius 2 is 2.10 bits per heavy atom. The van der Waals surface area contributed by atoms with Crippen LogP contribution in [0.3, 0.4) is 0 Å². The fourth-order valence-corrected chi connectivity index (χ4v) is 2.32. The fraction of sp³-hybridized carbons (Fsp3) is 0.235. The molecule has 0 aliphatic rings. The molecule has 0 bridgehead atoms. The van der Waals surface area contributed by atoms with Crippen LogP contribution in [0.15, 0.2) is 42.5 Å². The number of methoxy groups -OCH3 is 1. The second kappa shape index (κ2) is 7.12. The van der Waals surface area contributed by atoms with Gasteiger partial charge in [0, 0.05) is 17.6 Å². The maximum atomic E-state index is 9.09. The molecule has 0 heterocycles. The fourth-order valence-electron chi connectivity index (χ4n) is 2.12. The van der Waals surface area contributed by atoms with E-state index in [1.165, 1.54) is 0 Å². The minimum absolute atomic E-state index is 0.177. The molecule has 0 aromatic heterocycles. The highest BCUT2D eigenvalue weighted by molar-refractivity contribution is 6.30. The van der Waals surface area contributed by atoms with Crippen molar-refractivity contribution in [1.82, 2.24) is 5.32 Å². The lowest BCUT2D eigenvalue weighted by molar-refractivity contribution is 0.413. The van der Waals surface area contributed by atoms with E-state index < -0.39 is 0 Å². The molecule has 0 amide bonds. The van der Waals surface area contributed by atoms with Crippen LogP contribution in [0.2, 0.25) is 5.02 Å². The first kappa shape index (κ1) is 15.4. The van der Waals surface area contributed by atoms with Crippen molar-refractivity contribution in [3.63, 3.8) is 0 Å². The Kier molecular flexibility index (Phi) is 5.21. The first-order valence-corrected chi connectivity index (χ1v) is 7.07. The summed E-state index contributed by atoms with van der Waals surface area (Å²) in [5.41, 5.74) is 2.73. The SMILES string of the molecule is COc1ccc(CN[C@H](C)c2cccc(Cl)c2)cc1C#N. The molecule has 0 radical (unpaired) electrons. The summed E-state index contributed by atoms with van der Waals surface area (Å²) in [6, 6.07) is 15.7. The molecule has 1 N–H and O–H groups in total. The molecule has 2 aromatic carbocycles. The molecule has 1 atom stereocenters. The third-order valence-electron chi connectivity index (χ3n) is 3.35. The van der Waals surface area contributed by atoms with Gasteiger partial charge in [-0.05, 0) is 42.3 Å². The number of halogens is 1. The van der Waals surface area contributed by atoms with Gasteiger partial charge in [0.05, 0.1) is 12.7 Å². The maximum absolute atomic E-state index is 9.09. The van der Waals surface area contributed by atoms with Gasteiger partial charge in [0.1, 0.15) is 11.8 Å². The summed E-state index contributed by atoms with van der Waals surface area (Å²) in [4.78, 5) is 0. The van der Waals surface area contributed by atoms with Crippen LogP contribution in [-0.2, 0) is 6.54 Å². The number of nitrogens with one attached hydrogen (secondary N) is 1. The van der Waals surface area contributed by atoms with E-state index >= 15 is 0 Å². The van der Waals surface area contributed by atoms with E-state index in [9.17, 15) is 0 Å². The smallest absolute Gasteiger partial charge is 0.136 e. The summed E-state index contributed by atoms with van der Waals surface area (Å²) in [6.07, 6.45) is 0. The minimum Gasteiger partial charge on any atom is -0.495 e. The molecule has 0 aliphatic heterocycles. The Bertz CT molecular complexity index is 664. The zero-order valence-corrected chi connectivity index (χ0v) is 12.8. The highest BCUT2D eigenvalue weighted by Gasteiger charge is 2.07. The third-order valence-corrected chi connectivity index (χ3v) is 3.58. The van der Waals surface area contributed by atoms with Crippen molar-refractivity contribution < 1.29 is 4.74 Å². The van der Waals surface area contributed by atoms with Crippen molar-refractivity contribution in [3.8, 4) is 11.8 Å². The Morgan fingerprint density at radius 1 is 1.29 bits per heavy atom. The van der Waals surface area contributed by atoms with E-state index in [1.54, 1.807) is 7.11 Å². The van der Waals surface area contributed by atoms with Gasteiger partial charge in [-0.2, -0.15) is 5.26 Å². The molecule has 3 nitrogen and oxygen atoms in total. The Balaban J connectivity index is 2.05. The van der Waals surface area contributed by atoms with Gasteiger partial charge in [-0.1, -0.05) is 29.8 Å². The number of nitriles is 1. The van der Waals surface area contributed by atoms with Gasteiger partial charge in [-0.3, -0.25) is 0 Å². The second-order valence-electron chi connectivity index (χ2n) is 4.80. The molecule has 0 unspecified atom stereocenters. The molecule has 0 spiro atoms. The van der Waals surface area contributed by atoms with E-state index in [4.69, 9.17) is 21.6 Å². The predicted octanol–water partition coefficient (Wildman–Crippen LogP) is 4.07. The zero-order valence-electron chi connectivity index (χ0n) is 12.1. The van der Waals surface area contributed by atoms with Crippen molar-refractivity contribution in [1.29, 1.82) is 5.26 Å². The van der Waals surface area contributed by atoms with Gasteiger partial charge in [0.15, 0.2) is 0 Å². The average molecular weight is 301 g/mol. The normalized spacial score (nSPS) is 11.7. The van der Waals surface area contributed by atoms with E-state index in [-0.39, 0.29) is 6.04 Å². The average Bonchev–Trinajstić information content (AvgIpc) is 2.52. The number of ether oxygens (including phenoxy) is 1. The largest absolute Gasteiger partial charge is 0.495 e. The van der Waals surface area contributed by atoms with Gasteiger partial charge >= 0.3 is 0 Å². The summed E-state index contributed by atoms with van der Waals surface area (Å²) in [5, 5.41) is 13.3. The zero-order chi connectivity index (χ0) is 15.2. The van der Waals surface area contributed by atoms with Crippen LogP contribution in [0.4, 0.5) is 0 Å². The summed E-state index contributed by atoms with van der Waals surface area (Å²) in [5.74, 6) is 0.601. The number of hydrogen-bond donors (Lipinski definition) is 1. The highest BCUT2D eigenvalue weighted by Crippen LogP contribution is 2.20.